The van der Waals surface area contributed by atoms with Crippen LogP contribution >= 0.6 is 0 Å². The third-order valence-electron chi connectivity index (χ3n) is 7.54. The first-order chi connectivity index (χ1) is 17.7. The van der Waals surface area contributed by atoms with Gasteiger partial charge in [-0.25, -0.2) is 0 Å². The van der Waals surface area contributed by atoms with Crippen LogP contribution in [0.15, 0.2) is 6.20 Å². The summed E-state index contributed by atoms with van der Waals surface area (Å²) in [5.41, 5.74) is 0.229. The first-order valence-corrected chi connectivity index (χ1v) is 14.4. The summed E-state index contributed by atoms with van der Waals surface area (Å²) in [7, 11) is -0.683. The molecule has 1 spiro atoms. The van der Waals surface area contributed by atoms with E-state index >= 15 is 0 Å². The maximum Gasteiger partial charge on any atom is 0.281 e. The Bertz CT molecular complexity index is 1040. The van der Waals surface area contributed by atoms with Crippen molar-refractivity contribution in [1.29, 1.82) is 0 Å². The number of aromatic nitrogens is 3. The average molecular weight is 542 g/mol. The second-order valence-electron chi connectivity index (χ2n) is 10.3. The zero-order valence-electron chi connectivity index (χ0n) is 21.8. The summed E-state index contributed by atoms with van der Waals surface area (Å²) in [6.07, 6.45) is 5.48. The Kier molecular flexibility index (Phi) is 9.16. The standard InChI is InChI=1S/C23H39N7O6S/c1-27(2)37(33,34)30-12-14-36-17-19(15-30)21(31)28-10-6-23(7-11-28)5-3-4-9-29-16-20(25-26-29)18-35-13-8-24-22(23)32/h16,19H,3-15,17-18H2,1-2H3,(H,24,32). The van der Waals surface area contributed by atoms with E-state index < -0.39 is 21.5 Å². The molecule has 0 aliphatic carbocycles. The number of rotatable bonds is 3. The topological polar surface area (TPSA) is 139 Å². The fourth-order valence-corrected chi connectivity index (χ4v) is 6.36. The Morgan fingerprint density at radius 1 is 1.11 bits per heavy atom. The SMILES string of the molecule is CN(C)S(=O)(=O)N1CCOCC(C(=O)N2CCC3(CCCCn4cc(nn4)COCCNC3=O)CC2)C1. The fourth-order valence-electron chi connectivity index (χ4n) is 5.23. The summed E-state index contributed by atoms with van der Waals surface area (Å²) < 4.78 is 40.8. The van der Waals surface area contributed by atoms with Crippen molar-refractivity contribution in [2.75, 3.05) is 66.6 Å². The molecule has 14 heteroatoms. The maximum absolute atomic E-state index is 13.4. The first-order valence-electron chi connectivity index (χ1n) is 13.0. The minimum atomic E-state index is -3.64. The molecule has 13 nitrogen and oxygen atoms in total. The second kappa shape index (κ2) is 12.2. The molecular formula is C23H39N7O6S. The van der Waals surface area contributed by atoms with Gasteiger partial charge in [-0.3, -0.25) is 14.3 Å². The van der Waals surface area contributed by atoms with E-state index in [1.54, 1.807) is 4.90 Å². The Hall–Kier alpha value is -2.13. The molecule has 3 aliphatic heterocycles. The van der Waals surface area contributed by atoms with Crippen LogP contribution in [0.3, 0.4) is 0 Å². The lowest BCUT2D eigenvalue weighted by Crippen LogP contribution is -2.53. The highest BCUT2D eigenvalue weighted by molar-refractivity contribution is 7.86. The van der Waals surface area contributed by atoms with E-state index in [2.05, 4.69) is 15.6 Å². The molecule has 0 saturated carbocycles. The number of hydrogen-bond donors (Lipinski definition) is 1. The van der Waals surface area contributed by atoms with Crippen molar-refractivity contribution in [3.63, 3.8) is 0 Å². The van der Waals surface area contributed by atoms with Gasteiger partial charge >= 0.3 is 0 Å². The molecule has 2 fully saturated rings. The van der Waals surface area contributed by atoms with Crippen molar-refractivity contribution >= 4 is 22.0 Å². The smallest absolute Gasteiger partial charge is 0.281 e. The molecule has 0 radical (unpaired) electrons. The normalized spacial score (nSPS) is 24.9. The zero-order chi connectivity index (χ0) is 26.5. The molecule has 4 rings (SSSR count). The predicted octanol–water partition coefficient (Wildman–Crippen LogP) is -0.542. The van der Waals surface area contributed by atoms with Crippen LogP contribution in [0, 0.1) is 11.3 Å². The summed E-state index contributed by atoms with van der Waals surface area (Å²) >= 11 is 0. The molecule has 4 heterocycles. The number of nitrogens with zero attached hydrogens (tertiary/aromatic N) is 6. The Balaban J connectivity index is 1.38. The van der Waals surface area contributed by atoms with Crippen LogP contribution in [0.5, 0.6) is 0 Å². The Labute approximate surface area is 218 Å². The zero-order valence-corrected chi connectivity index (χ0v) is 22.6. The van der Waals surface area contributed by atoms with Crippen LogP contribution in [0.2, 0.25) is 0 Å². The third kappa shape index (κ3) is 6.66. The van der Waals surface area contributed by atoms with Gasteiger partial charge in [0, 0.05) is 53.4 Å². The fraction of sp³-hybridized carbons (Fsp3) is 0.826. The van der Waals surface area contributed by atoms with Gasteiger partial charge in [0.1, 0.15) is 5.69 Å². The van der Waals surface area contributed by atoms with E-state index in [9.17, 15) is 18.0 Å². The van der Waals surface area contributed by atoms with Crippen LogP contribution in [-0.4, -0.2) is 115 Å². The van der Waals surface area contributed by atoms with E-state index in [1.165, 1.54) is 18.4 Å². The molecule has 2 bridgehead atoms. The number of ether oxygens (including phenoxy) is 2. The summed E-state index contributed by atoms with van der Waals surface area (Å²) in [5.74, 6) is -0.681. The van der Waals surface area contributed by atoms with Gasteiger partial charge in [-0.1, -0.05) is 11.6 Å². The lowest BCUT2D eigenvalue weighted by Gasteiger charge is -2.42. The minimum Gasteiger partial charge on any atom is -0.379 e. The molecule has 208 valence electrons. The molecular weight excluding hydrogens is 502 g/mol. The monoisotopic (exact) mass is 541 g/mol. The molecule has 2 saturated heterocycles. The van der Waals surface area contributed by atoms with Crippen molar-refractivity contribution < 1.29 is 27.5 Å². The van der Waals surface area contributed by atoms with Crippen LogP contribution in [0.25, 0.3) is 0 Å². The molecule has 1 unspecified atom stereocenters. The third-order valence-corrected chi connectivity index (χ3v) is 9.45. The van der Waals surface area contributed by atoms with Gasteiger partial charge in [0.2, 0.25) is 11.8 Å². The van der Waals surface area contributed by atoms with Crippen molar-refractivity contribution in [2.24, 2.45) is 11.3 Å². The van der Waals surface area contributed by atoms with Crippen LogP contribution < -0.4 is 5.32 Å². The lowest BCUT2D eigenvalue weighted by atomic mass is 9.73. The quantitative estimate of drug-likeness (QED) is 0.538. The van der Waals surface area contributed by atoms with E-state index in [0.717, 1.165) is 35.8 Å². The molecule has 1 atom stereocenters. The molecule has 1 aromatic heterocycles. The molecule has 1 aromatic rings. The van der Waals surface area contributed by atoms with E-state index in [4.69, 9.17) is 9.47 Å². The van der Waals surface area contributed by atoms with Crippen LogP contribution in [-0.2, 0) is 42.4 Å². The number of carbonyl (C=O) groups is 2. The number of piperidine rings is 1. The van der Waals surface area contributed by atoms with Gasteiger partial charge in [0.05, 0.1) is 44.0 Å². The van der Waals surface area contributed by atoms with Crippen LogP contribution in [0.1, 0.15) is 37.8 Å². The summed E-state index contributed by atoms with van der Waals surface area (Å²) in [6.45, 7) is 3.51. The molecule has 0 aromatic carbocycles. The minimum absolute atomic E-state index is 0.0122. The van der Waals surface area contributed by atoms with Crippen molar-refractivity contribution in [3.05, 3.63) is 11.9 Å². The van der Waals surface area contributed by atoms with Gasteiger partial charge in [0.25, 0.3) is 10.2 Å². The van der Waals surface area contributed by atoms with E-state index in [1.807, 2.05) is 10.9 Å². The molecule has 1 N–H and O–H groups in total. The molecule has 37 heavy (non-hydrogen) atoms. The number of aryl methyl sites for hydroxylation is 1. The molecule has 2 amide bonds. The van der Waals surface area contributed by atoms with Crippen molar-refractivity contribution in [3.8, 4) is 0 Å². The van der Waals surface area contributed by atoms with E-state index in [0.29, 0.717) is 45.7 Å². The summed E-state index contributed by atoms with van der Waals surface area (Å²) in [4.78, 5) is 28.5. The van der Waals surface area contributed by atoms with Crippen LogP contribution in [0.4, 0.5) is 0 Å². The molecule has 3 aliphatic rings. The first kappa shape index (κ1) is 27.9. The van der Waals surface area contributed by atoms with Gasteiger partial charge in [0.15, 0.2) is 0 Å². The number of carbonyl (C=O) groups excluding carboxylic acids is 2. The second-order valence-corrected chi connectivity index (χ2v) is 12.4. The number of fused-ring (bicyclic) bond motifs is 2. The number of hydrogen-bond acceptors (Lipinski definition) is 8. The largest absolute Gasteiger partial charge is 0.379 e. The predicted molar refractivity (Wildman–Crippen MR) is 133 cm³/mol. The van der Waals surface area contributed by atoms with E-state index in [-0.39, 0.29) is 38.1 Å². The van der Waals surface area contributed by atoms with Crippen molar-refractivity contribution in [1.82, 2.24) is 33.8 Å². The summed E-state index contributed by atoms with van der Waals surface area (Å²) in [6, 6.07) is 0. The average Bonchev–Trinajstić information content (AvgIpc) is 3.18. The number of nitrogens with one attached hydrogen (secondary N) is 1. The highest BCUT2D eigenvalue weighted by atomic mass is 32.2. The van der Waals surface area contributed by atoms with Gasteiger partial charge in [-0.15, -0.1) is 5.10 Å². The maximum atomic E-state index is 13.4. The van der Waals surface area contributed by atoms with Gasteiger partial charge in [-0.05, 0) is 25.7 Å². The number of amides is 2. The highest BCUT2D eigenvalue weighted by Gasteiger charge is 2.43. The summed E-state index contributed by atoms with van der Waals surface area (Å²) in [5, 5.41) is 11.3. The Morgan fingerprint density at radius 2 is 1.89 bits per heavy atom. The van der Waals surface area contributed by atoms with Crippen molar-refractivity contribution in [2.45, 2.75) is 45.3 Å². The van der Waals surface area contributed by atoms with Gasteiger partial charge in [-0.2, -0.15) is 17.0 Å². The lowest BCUT2D eigenvalue weighted by molar-refractivity contribution is -0.144. The number of likely N-dealkylation sites (tertiary alicyclic amines) is 1. The highest BCUT2D eigenvalue weighted by Crippen LogP contribution is 2.37. The Morgan fingerprint density at radius 3 is 2.65 bits per heavy atom. The van der Waals surface area contributed by atoms with Gasteiger partial charge < -0.3 is 19.7 Å².